The molecule has 0 bridgehead atoms. The number of hydrogen-bond donors (Lipinski definition) is 0. The van der Waals surface area contributed by atoms with Crippen LogP contribution in [0.15, 0.2) is 0 Å². The fraction of sp³-hybridized carbons (Fsp3) is 0.895. The summed E-state index contributed by atoms with van der Waals surface area (Å²) < 4.78 is 10.3. The Hall–Kier alpha value is -1.06. The van der Waals surface area contributed by atoms with Gasteiger partial charge in [0.15, 0.2) is 0 Å². The zero-order valence-electron chi connectivity index (χ0n) is 15.7. The van der Waals surface area contributed by atoms with Crippen molar-refractivity contribution in [3.63, 3.8) is 0 Å². The number of hydrogen-bond acceptors (Lipinski definition) is 4. The van der Waals surface area contributed by atoms with E-state index in [9.17, 15) is 9.59 Å². The van der Waals surface area contributed by atoms with Crippen LogP contribution in [0.25, 0.3) is 0 Å². The molecule has 0 saturated carbocycles. The molecule has 4 heteroatoms. The van der Waals surface area contributed by atoms with E-state index in [2.05, 4.69) is 20.8 Å². The molecule has 0 saturated heterocycles. The summed E-state index contributed by atoms with van der Waals surface area (Å²) in [6.07, 6.45) is 6.99. The summed E-state index contributed by atoms with van der Waals surface area (Å²) in [6.45, 7) is 10.8. The van der Waals surface area contributed by atoms with E-state index in [1.54, 1.807) is 13.8 Å². The van der Waals surface area contributed by atoms with Gasteiger partial charge >= 0.3 is 11.9 Å². The van der Waals surface area contributed by atoms with Gasteiger partial charge < -0.3 is 9.47 Å². The summed E-state index contributed by atoms with van der Waals surface area (Å²) in [5.74, 6) is -0.379. The highest BCUT2D eigenvalue weighted by Gasteiger charge is 2.34. The quantitative estimate of drug-likeness (QED) is 0.361. The van der Waals surface area contributed by atoms with Crippen molar-refractivity contribution >= 4 is 11.9 Å². The van der Waals surface area contributed by atoms with E-state index >= 15 is 0 Å². The second-order valence-corrected chi connectivity index (χ2v) is 6.27. The van der Waals surface area contributed by atoms with Crippen LogP contribution in [0, 0.1) is 17.8 Å². The van der Waals surface area contributed by atoms with Crippen molar-refractivity contribution < 1.29 is 19.1 Å². The fourth-order valence-electron chi connectivity index (χ4n) is 3.25. The molecule has 0 fully saturated rings. The third kappa shape index (κ3) is 8.97. The maximum absolute atomic E-state index is 12.3. The van der Waals surface area contributed by atoms with Crippen molar-refractivity contribution in [1.82, 2.24) is 0 Å². The Morgan fingerprint density at radius 3 is 2.09 bits per heavy atom. The number of carbonyl (C=O) groups is 2. The smallest absolute Gasteiger partial charge is 0.309 e. The molecule has 3 atom stereocenters. The van der Waals surface area contributed by atoms with E-state index in [4.69, 9.17) is 9.47 Å². The first kappa shape index (κ1) is 21.9. The van der Waals surface area contributed by atoms with Crippen molar-refractivity contribution in [1.29, 1.82) is 0 Å². The Morgan fingerprint density at radius 1 is 0.913 bits per heavy atom. The van der Waals surface area contributed by atoms with E-state index < -0.39 is 0 Å². The number of rotatable bonds is 13. The standard InChI is InChI=1S/C19H36O4/c1-6-10-11-12-13-15(5)16(7-2)17(19(21)23-9-4)14-18(20)22-8-3/h15-17H,6-14H2,1-5H3. The van der Waals surface area contributed by atoms with Crippen LogP contribution in [0.2, 0.25) is 0 Å². The minimum absolute atomic E-state index is 0.129. The first-order chi connectivity index (χ1) is 11.0. The van der Waals surface area contributed by atoms with Gasteiger partial charge in [-0.25, -0.2) is 0 Å². The van der Waals surface area contributed by atoms with Crippen LogP contribution in [0.3, 0.4) is 0 Å². The Bertz CT molecular complexity index is 327. The minimum atomic E-state index is -0.389. The molecule has 0 aromatic heterocycles. The van der Waals surface area contributed by atoms with E-state index in [0.717, 1.165) is 12.8 Å². The molecule has 0 aliphatic heterocycles. The van der Waals surface area contributed by atoms with Crippen molar-refractivity contribution in [2.24, 2.45) is 17.8 Å². The Kier molecular flexibility index (Phi) is 12.8. The molecule has 0 amide bonds. The molecule has 23 heavy (non-hydrogen) atoms. The summed E-state index contributed by atoms with van der Waals surface area (Å²) in [5, 5.41) is 0. The maximum atomic E-state index is 12.3. The van der Waals surface area contributed by atoms with Gasteiger partial charge in [-0.2, -0.15) is 0 Å². The van der Waals surface area contributed by atoms with Gasteiger partial charge in [-0.1, -0.05) is 59.3 Å². The number of esters is 2. The SMILES string of the molecule is CCCCCCC(C)C(CC)C(CC(=O)OCC)C(=O)OCC. The van der Waals surface area contributed by atoms with Gasteiger partial charge in [-0.15, -0.1) is 0 Å². The first-order valence-corrected chi connectivity index (χ1v) is 9.33. The largest absolute Gasteiger partial charge is 0.466 e. The molecule has 4 nitrogen and oxygen atoms in total. The molecule has 3 unspecified atom stereocenters. The molecular weight excluding hydrogens is 292 g/mol. The Morgan fingerprint density at radius 2 is 1.57 bits per heavy atom. The Labute approximate surface area is 142 Å². The monoisotopic (exact) mass is 328 g/mol. The lowest BCUT2D eigenvalue weighted by atomic mass is 9.77. The third-order valence-corrected chi connectivity index (χ3v) is 4.51. The van der Waals surface area contributed by atoms with E-state index in [-0.39, 0.29) is 30.2 Å². The molecule has 0 rings (SSSR count). The van der Waals surface area contributed by atoms with Gasteiger partial charge in [-0.3, -0.25) is 9.59 Å². The van der Waals surface area contributed by atoms with Gasteiger partial charge in [0.25, 0.3) is 0 Å². The molecular formula is C19H36O4. The minimum Gasteiger partial charge on any atom is -0.466 e. The molecule has 0 radical (unpaired) electrons. The molecule has 0 aromatic rings. The predicted molar refractivity (Wildman–Crippen MR) is 93.1 cm³/mol. The molecule has 0 aromatic carbocycles. The van der Waals surface area contributed by atoms with Crippen LogP contribution in [0.5, 0.6) is 0 Å². The van der Waals surface area contributed by atoms with Crippen LogP contribution < -0.4 is 0 Å². The molecule has 0 aliphatic rings. The average molecular weight is 328 g/mol. The van der Waals surface area contributed by atoms with E-state index in [0.29, 0.717) is 19.1 Å². The summed E-state index contributed by atoms with van der Waals surface area (Å²) in [7, 11) is 0. The number of carbonyl (C=O) groups excluding carboxylic acids is 2. The highest BCUT2D eigenvalue weighted by Crippen LogP contribution is 2.32. The highest BCUT2D eigenvalue weighted by atomic mass is 16.5. The molecule has 0 heterocycles. The number of ether oxygens (including phenoxy) is 2. The van der Waals surface area contributed by atoms with Crippen LogP contribution in [-0.4, -0.2) is 25.2 Å². The van der Waals surface area contributed by atoms with Crippen LogP contribution in [-0.2, 0) is 19.1 Å². The lowest BCUT2D eigenvalue weighted by molar-refractivity contribution is -0.157. The molecule has 0 aliphatic carbocycles. The summed E-state index contributed by atoms with van der Waals surface area (Å²) >= 11 is 0. The zero-order chi connectivity index (χ0) is 17.7. The summed E-state index contributed by atoms with van der Waals surface area (Å²) in [5.41, 5.74) is 0. The van der Waals surface area contributed by atoms with Crippen molar-refractivity contribution in [3.05, 3.63) is 0 Å². The van der Waals surface area contributed by atoms with Gasteiger partial charge in [0, 0.05) is 0 Å². The van der Waals surface area contributed by atoms with Crippen LogP contribution in [0.1, 0.15) is 79.6 Å². The predicted octanol–water partition coefficient (Wildman–Crippen LogP) is 4.75. The van der Waals surface area contributed by atoms with Crippen molar-refractivity contribution in [3.8, 4) is 0 Å². The van der Waals surface area contributed by atoms with Crippen molar-refractivity contribution in [2.75, 3.05) is 13.2 Å². The van der Waals surface area contributed by atoms with E-state index in [1.807, 2.05) is 0 Å². The zero-order valence-corrected chi connectivity index (χ0v) is 15.7. The third-order valence-electron chi connectivity index (χ3n) is 4.51. The number of unbranched alkanes of at least 4 members (excludes halogenated alkanes) is 3. The lowest BCUT2D eigenvalue weighted by Gasteiger charge is -2.29. The summed E-state index contributed by atoms with van der Waals surface area (Å²) in [4.78, 5) is 24.2. The van der Waals surface area contributed by atoms with Gasteiger partial charge in [-0.05, 0) is 25.7 Å². The molecule has 0 N–H and O–H groups in total. The highest BCUT2D eigenvalue weighted by molar-refractivity contribution is 5.80. The molecule has 136 valence electrons. The summed E-state index contributed by atoms with van der Waals surface area (Å²) in [6, 6.07) is 0. The van der Waals surface area contributed by atoms with Gasteiger partial charge in [0.05, 0.1) is 25.6 Å². The lowest BCUT2D eigenvalue weighted by Crippen LogP contribution is -2.32. The van der Waals surface area contributed by atoms with Crippen molar-refractivity contribution in [2.45, 2.75) is 79.6 Å². The fourth-order valence-corrected chi connectivity index (χ4v) is 3.25. The second kappa shape index (κ2) is 13.4. The van der Waals surface area contributed by atoms with E-state index in [1.165, 1.54) is 25.7 Å². The Balaban J connectivity index is 4.83. The first-order valence-electron chi connectivity index (χ1n) is 9.33. The van der Waals surface area contributed by atoms with Crippen LogP contribution >= 0.6 is 0 Å². The average Bonchev–Trinajstić information content (AvgIpc) is 2.51. The molecule has 0 spiro atoms. The maximum Gasteiger partial charge on any atom is 0.309 e. The topological polar surface area (TPSA) is 52.6 Å². The van der Waals surface area contributed by atoms with Gasteiger partial charge in [0.1, 0.15) is 0 Å². The second-order valence-electron chi connectivity index (χ2n) is 6.27. The normalized spacial score (nSPS) is 14.8. The van der Waals surface area contributed by atoms with Crippen LogP contribution in [0.4, 0.5) is 0 Å². The van der Waals surface area contributed by atoms with Gasteiger partial charge in [0.2, 0.25) is 0 Å².